The number of benzene rings is 2. The zero-order valence-corrected chi connectivity index (χ0v) is 25.7. The molecule has 0 unspecified atom stereocenters. The molecule has 2 aromatic carbocycles. The van der Waals surface area contributed by atoms with Crippen molar-refractivity contribution in [2.24, 2.45) is 5.92 Å². The highest BCUT2D eigenvalue weighted by atomic mass is 16.6. The molecule has 1 aliphatic heterocycles. The molecule has 234 valence electrons. The fourth-order valence-corrected chi connectivity index (χ4v) is 4.78. The van der Waals surface area contributed by atoms with Gasteiger partial charge in [-0.15, -0.1) is 0 Å². The maximum Gasteiger partial charge on any atom is 0.349 e. The lowest BCUT2D eigenvalue weighted by Crippen LogP contribution is -2.54. The van der Waals surface area contributed by atoms with E-state index in [-0.39, 0.29) is 48.4 Å². The van der Waals surface area contributed by atoms with Crippen LogP contribution in [0.5, 0.6) is 11.5 Å². The Balaban J connectivity index is 1.67. The molecule has 0 aliphatic carbocycles. The number of oxazole rings is 1. The summed E-state index contributed by atoms with van der Waals surface area (Å²) in [6, 6.07) is 12.5. The summed E-state index contributed by atoms with van der Waals surface area (Å²) in [6.45, 7) is 6.85. The largest absolute Gasteiger partial charge is 0.493 e. The number of rotatable bonds is 6. The number of amides is 3. The second-order valence-corrected chi connectivity index (χ2v) is 10.9. The molecule has 3 amide bonds. The standard InChI is InChI=1S/C32H38N4O8/c1-18(2)24-16-36(28(38)15-23-20(4)43-31(35-23)21-10-8-7-9-11-21)17-27(37)33-19(3)29(32(40)42-6)44-26-14-22(30(39)34-24)12-13-25(26)41-5/h7-14,18-19,24,29H,15-17H2,1-6H3,(H,33,37)(H,34,39)/t19-,24+,29+/m0/s1. The van der Waals surface area contributed by atoms with E-state index >= 15 is 0 Å². The van der Waals surface area contributed by atoms with Gasteiger partial charge in [0, 0.05) is 23.7 Å². The molecule has 12 heteroatoms. The molecule has 1 aromatic heterocycles. The molecular formula is C32H38N4O8. The summed E-state index contributed by atoms with van der Waals surface area (Å²) in [4.78, 5) is 59.1. The summed E-state index contributed by atoms with van der Waals surface area (Å²) in [6.07, 6.45) is -1.40. The second kappa shape index (κ2) is 14.1. The van der Waals surface area contributed by atoms with Crippen LogP contribution in [0.15, 0.2) is 52.9 Å². The summed E-state index contributed by atoms with van der Waals surface area (Å²) in [5.74, 6) is -0.891. The first kappa shape index (κ1) is 32.1. The molecule has 3 atom stereocenters. The highest BCUT2D eigenvalue weighted by Crippen LogP contribution is 2.30. The van der Waals surface area contributed by atoms with E-state index in [1.54, 1.807) is 26.0 Å². The van der Waals surface area contributed by atoms with Crippen LogP contribution in [-0.2, 0) is 25.5 Å². The molecule has 3 aromatic rings. The number of nitrogens with zero attached hydrogens (tertiary/aromatic N) is 2. The molecule has 12 nitrogen and oxygen atoms in total. The Morgan fingerprint density at radius 1 is 1.07 bits per heavy atom. The summed E-state index contributed by atoms with van der Waals surface area (Å²) >= 11 is 0. The Bertz CT molecular complexity index is 1500. The van der Waals surface area contributed by atoms with Crippen LogP contribution < -0.4 is 20.1 Å². The molecule has 0 spiro atoms. The van der Waals surface area contributed by atoms with Crippen LogP contribution >= 0.6 is 0 Å². The lowest BCUT2D eigenvalue weighted by atomic mass is 10.0. The van der Waals surface area contributed by atoms with Crippen LogP contribution in [0.4, 0.5) is 0 Å². The number of hydrogen-bond acceptors (Lipinski definition) is 9. The van der Waals surface area contributed by atoms with Crippen molar-refractivity contribution in [3.63, 3.8) is 0 Å². The number of aromatic nitrogens is 1. The third-order valence-corrected chi connectivity index (χ3v) is 7.41. The van der Waals surface area contributed by atoms with Crippen LogP contribution in [0.2, 0.25) is 0 Å². The van der Waals surface area contributed by atoms with Gasteiger partial charge in [-0.2, -0.15) is 0 Å². The van der Waals surface area contributed by atoms with Gasteiger partial charge in [0.15, 0.2) is 11.5 Å². The Labute approximate surface area is 256 Å². The molecule has 1 aliphatic rings. The molecule has 0 saturated heterocycles. The Kier molecular flexibility index (Phi) is 10.2. The average Bonchev–Trinajstić information content (AvgIpc) is 3.37. The van der Waals surface area contributed by atoms with E-state index in [2.05, 4.69) is 15.6 Å². The molecule has 44 heavy (non-hydrogen) atoms. The molecule has 0 radical (unpaired) electrons. The molecule has 0 saturated carbocycles. The first-order valence-electron chi connectivity index (χ1n) is 14.3. The number of carbonyl (C=O) groups is 4. The number of ether oxygens (including phenoxy) is 3. The highest BCUT2D eigenvalue weighted by molar-refractivity contribution is 5.95. The number of fused-ring (bicyclic) bond motifs is 2. The van der Waals surface area contributed by atoms with Gasteiger partial charge in [-0.05, 0) is 50.1 Å². The maximum absolute atomic E-state index is 13.8. The van der Waals surface area contributed by atoms with Gasteiger partial charge in [0.1, 0.15) is 5.76 Å². The van der Waals surface area contributed by atoms with Gasteiger partial charge in [-0.25, -0.2) is 9.78 Å². The van der Waals surface area contributed by atoms with Gasteiger partial charge in [0.25, 0.3) is 5.91 Å². The fourth-order valence-electron chi connectivity index (χ4n) is 4.78. The zero-order valence-electron chi connectivity index (χ0n) is 25.7. The van der Waals surface area contributed by atoms with Crippen molar-refractivity contribution in [1.29, 1.82) is 0 Å². The van der Waals surface area contributed by atoms with E-state index in [9.17, 15) is 19.2 Å². The van der Waals surface area contributed by atoms with Crippen molar-refractivity contribution in [1.82, 2.24) is 20.5 Å². The van der Waals surface area contributed by atoms with Crippen LogP contribution in [-0.4, -0.2) is 79.1 Å². The van der Waals surface area contributed by atoms with E-state index in [4.69, 9.17) is 18.6 Å². The van der Waals surface area contributed by atoms with Gasteiger partial charge in [0.2, 0.25) is 23.8 Å². The number of esters is 1. The first-order valence-corrected chi connectivity index (χ1v) is 14.3. The summed E-state index contributed by atoms with van der Waals surface area (Å²) < 4.78 is 22.1. The smallest absolute Gasteiger partial charge is 0.349 e. The number of hydrogen-bond donors (Lipinski definition) is 2. The molecule has 4 rings (SSSR count). The summed E-state index contributed by atoms with van der Waals surface area (Å²) in [5.41, 5.74) is 1.47. The summed E-state index contributed by atoms with van der Waals surface area (Å²) in [5, 5.41) is 5.75. The zero-order chi connectivity index (χ0) is 32.0. The molecule has 2 bridgehead atoms. The fraction of sp³-hybridized carbons (Fsp3) is 0.406. The van der Waals surface area contributed by atoms with Gasteiger partial charge in [-0.1, -0.05) is 32.0 Å². The van der Waals surface area contributed by atoms with Gasteiger partial charge >= 0.3 is 5.97 Å². The van der Waals surface area contributed by atoms with E-state index in [0.717, 1.165) is 5.56 Å². The summed E-state index contributed by atoms with van der Waals surface area (Å²) in [7, 11) is 2.64. The third kappa shape index (κ3) is 7.55. The van der Waals surface area contributed by atoms with Crippen LogP contribution in [0.25, 0.3) is 11.5 Å². The minimum Gasteiger partial charge on any atom is -0.493 e. The molecule has 0 fully saturated rings. The predicted molar refractivity (Wildman–Crippen MR) is 160 cm³/mol. The highest BCUT2D eigenvalue weighted by Gasteiger charge is 2.33. The SMILES string of the molecule is COC(=O)[C@@H]1Oc2cc(ccc2OC)C(=O)N[C@@H](C(C)C)CN(C(=O)Cc2nc(-c3ccccc3)oc2C)CC(=O)N[C@H]1C. The Morgan fingerprint density at radius 2 is 1.80 bits per heavy atom. The number of aryl methyl sites for hydroxylation is 1. The average molecular weight is 607 g/mol. The van der Waals surface area contributed by atoms with Crippen molar-refractivity contribution in [2.45, 2.75) is 52.3 Å². The van der Waals surface area contributed by atoms with Crippen LogP contribution in [0, 0.1) is 12.8 Å². The molecule has 2 N–H and O–H groups in total. The van der Waals surface area contributed by atoms with E-state index in [1.807, 2.05) is 44.2 Å². The monoisotopic (exact) mass is 606 g/mol. The van der Waals surface area contributed by atoms with Crippen molar-refractivity contribution < 1.29 is 37.8 Å². The predicted octanol–water partition coefficient (Wildman–Crippen LogP) is 2.92. The molecular weight excluding hydrogens is 568 g/mol. The second-order valence-electron chi connectivity index (χ2n) is 10.9. The van der Waals surface area contributed by atoms with Gasteiger partial charge in [0.05, 0.1) is 38.9 Å². The molecule has 2 heterocycles. The Hall–Kier alpha value is -4.87. The number of carbonyl (C=O) groups excluding carboxylic acids is 4. The van der Waals surface area contributed by atoms with E-state index in [0.29, 0.717) is 17.3 Å². The quantitative estimate of drug-likeness (QED) is 0.404. The van der Waals surface area contributed by atoms with E-state index < -0.39 is 36.0 Å². The van der Waals surface area contributed by atoms with Crippen LogP contribution in [0.3, 0.4) is 0 Å². The van der Waals surface area contributed by atoms with E-state index in [1.165, 1.54) is 25.2 Å². The maximum atomic E-state index is 13.8. The minimum atomic E-state index is -1.28. The van der Waals surface area contributed by atoms with Crippen molar-refractivity contribution in [3.8, 4) is 23.0 Å². The normalized spacial score (nSPS) is 19.3. The lowest BCUT2D eigenvalue weighted by Gasteiger charge is -2.31. The van der Waals surface area contributed by atoms with Crippen molar-refractivity contribution in [3.05, 3.63) is 65.5 Å². The minimum absolute atomic E-state index is 0.0480. The first-order chi connectivity index (χ1) is 21.0. The van der Waals surface area contributed by atoms with Gasteiger partial charge in [-0.3, -0.25) is 14.4 Å². The number of nitrogens with one attached hydrogen (secondary N) is 2. The third-order valence-electron chi connectivity index (χ3n) is 7.41. The lowest BCUT2D eigenvalue weighted by molar-refractivity contribution is -0.150. The van der Waals surface area contributed by atoms with Crippen molar-refractivity contribution in [2.75, 3.05) is 27.3 Å². The topological polar surface area (TPSA) is 149 Å². The number of methoxy groups -OCH3 is 2. The Morgan fingerprint density at radius 3 is 2.45 bits per heavy atom. The van der Waals surface area contributed by atoms with Gasteiger partial charge < -0.3 is 34.2 Å². The van der Waals surface area contributed by atoms with Crippen molar-refractivity contribution >= 4 is 23.7 Å². The van der Waals surface area contributed by atoms with Crippen LogP contribution in [0.1, 0.15) is 42.6 Å².